The first-order chi connectivity index (χ1) is 8.79. The van der Waals surface area contributed by atoms with Gasteiger partial charge in [0.1, 0.15) is 0 Å². The van der Waals surface area contributed by atoms with Gasteiger partial charge in [-0.25, -0.2) is 0 Å². The highest BCUT2D eigenvalue weighted by Crippen LogP contribution is 2.27. The molecule has 2 heteroatoms. The lowest BCUT2D eigenvalue weighted by atomic mass is 9.98. The van der Waals surface area contributed by atoms with Crippen molar-refractivity contribution in [1.82, 2.24) is 0 Å². The Balaban J connectivity index is 2.33. The fourth-order valence-electron chi connectivity index (χ4n) is 2.39. The second kappa shape index (κ2) is 4.41. The van der Waals surface area contributed by atoms with Crippen molar-refractivity contribution in [3.05, 3.63) is 60.2 Å². The predicted molar refractivity (Wildman–Crippen MR) is 77.4 cm³/mol. The molecule has 4 N–H and O–H groups in total. The van der Waals surface area contributed by atoms with Gasteiger partial charge in [0.2, 0.25) is 0 Å². The molecule has 90 valence electrons. The lowest BCUT2D eigenvalue weighted by Crippen LogP contribution is -2.20. The molecular formula is C16H16N2. The molecule has 2 nitrogen and oxygen atoms in total. The van der Waals surface area contributed by atoms with Crippen molar-refractivity contribution in [1.29, 1.82) is 0 Å². The molecule has 0 aromatic heterocycles. The third-order valence-corrected chi connectivity index (χ3v) is 3.45. The molecule has 1 atom stereocenters. The molecule has 3 aromatic rings. The molecule has 0 amide bonds. The number of hydrogen-bond acceptors (Lipinski definition) is 2. The zero-order valence-corrected chi connectivity index (χ0v) is 10.1. The summed E-state index contributed by atoms with van der Waals surface area (Å²) in [6, 6.07) is 19.0. The second-order valence-electron chi connectivity index (χ2n) is 4.61. The molecule has 0 radical (unpaired) electrons. The van der Waals surface area contributed by atoms with E-state index < -0.39 is 0 Å². The van der Waals surface area contributed by atoms with Crippen LogP contribution >= 0.6 is 0 Å². The van der Waals surface area contributed by atoms with E-state index in [1.165, 1.54) is 21.5 Å². The zero-order valence-electron chi connectivity index (χ0n) is 10.1. The third kappa shape index (κ3) is 1.76. The molecule has 0 bridgehead atoms. The molecule has 0 aliphatic carbocycles. The average Bonchev–Trinajstić information content (AvgIpc) is 2.45. The molecule has 0 spiro atoms. The van der Waals surface area contributed by atoms with Crippen molar-refractivity contribution in [3.63, 3.8) is 0 Å². The summed E-state index contributed by atoms with van der Waals surface area (Å²) in [5.74, 6) is 0. The van der Waals surface area contributed by atoms with Gasteiger partial charge in [-0.05, 0) is 33.2 Å². The van der Waals surface area contributed by atoms with E-state index in [9.17, 15) is 0 Å². The monoisotopic (exact) mass is 236 g/mol. The van der Waals surface area contributed by atoms with E-state index in [0.29, 0.717) is 6.54 Å². The van der Waals surface area contributed by atoms with Gasteiger partial charge >= 0.3 is 0 Å². The molecule has 18 heavy (non-hydrogen) atoms. The van der Waals surface area contributed by atoms with Crippen LogP contribution in [0.15, 0.2) is 54.6 Å². The van der Waals surface area contributed by atoms with Crippen molar-refractivity contribution in [2.45, 2.75) is 6.04 Å². The van der Waals surface area contributed by atoms with Crippen LogP contribution in [-0.2, 0) is 0 Å². The average molecular weight is 236 g/mol. The first-order valence-electron chi connectivity index (χ1n) is 6.16. The molecular weight excluding hydrogens is 220 g/mol. The second-order valence-corrected chi connectivity index (χ2v) is 4.61. The van der Waals surface area contributed by atoms with E-state index >= 15 is 0 Å². The summed E-state index contributed by atoms with van der Waals surface area (Å²) < 4.78 is 0. The molecule has 0 saturated carbocycles. The topological polar surface area (TPSA) is 52.0 Å². The number of hydrogen-bond donors (Lipinski definition) is 2. The Morgan fingerprint density at radius 2 is 1.50 bits per heavy atom. The largest absolute Gasteiger partial charge is 0.329 e. The van der Waals surface area contributed by atoms with Gasteiger partial charge in [-0.3, -0.25) is 0 Å². The Morgan fingerprint density at radius 3 is 2.28 bits per heavy atom. The van der Waals surface area contributed by atoms with Gasteiger partial charge in [-0.15, -0.1) is 0 Å². The summed E-state index contributed by atoms with van der Waals surface area (Å²) >= 11 is 0. The van der Waals surface area contributed by atoms with Crippen LogP contribution in [0.4, 0.5) is 0 Å². The maximum Gasteiger partial charge on any atom is 0.0419 e. The lowest BCUT2D eigenvalue weighted by molar-refractivity contribution is 0.738. The van der Waals surface area contributed by atoms with Crippen molar-refractivity contribution in [2.75, 3.05) is 6.54 Å². The summed E-state index contributed by atoms with van der Waals surface area (Å²) in [6.07, 6.45) is 0. The van der Waals surface area contributed by atoms with Crippen LogP contribution in [0.2, 0.25) is 0 Å². The van der Waals surface area contributed by atoms with E-state index in [1.54, 1.807) is 0 Å². The Hall–Kier alpha value is -1.90. The van der Waals surface area contributed by atoms with Gasteiger partial charge in [0, 0.05) is 12.6 Å². The summed E-state index contributed by atoms with van der Waals surface area (Å²) in [5, 5.41) is 5.00. The van der Waals surface area contributed by atoms with Crippen LogP contribution < -0.4 is 11.5 Å². The Labute approximate surface area is 106 Å². The highest BCUT2D eigenvalue weighted by molar-refractivity contribution is 6.07. The van der Waals surface area contributed by atoms with E-state index in [2.05, 4.69) is 54.6 Å². The first-order valence-corrected chi connectivity index (χ1v) is 6.16. The molecule has 3 rings (SSSR count). The quantitative estimate of drug-likeness (QED) is 0.672. The number of rotatable bonds is 2. The first kappa shape index (κ1) is 11.2. The van der Waals surface area contributed by atoms with Crippen molar-refractivity contribution in [2.24, 2.45) is 11.5 Å². The van der Waals surface area contributed by atoms with Gasteiger partial charge in [-0.2, -0.15) is 0 Å². The van der Waals surface area contributed by atoms with Crippen molar-refractivity contribution >= 4 is 21.5 Å². The minimum absolute atomic E-state index is 0.0895. The maximum absolute atomic E-state index is 6.00. The lowest BCUT2D eigenvalue weighted by Gasteiger charge is -2.11. The highest BCUT2D eigenvalue weighted by Gasteiger charge is 2.06. The molecule has 0 saturated heterocycles. The standard InChI is InChI=1S/C16H16N2/c17-10-16(18)13-8-7-12-6-5-11-3-1-2-4-14(11)15(12)9-13/h1-9,16H,10,17-18H2/t16-/m1/s1. The van der Waals surface area contributed by atoms with Crippen LogP contribution in [-0.4, -0.2) is 6.54 Å². The van der Waals surface area contributed by atoms with Gasteiger partial charge in [0.25, 0.3) is 0 Å². The molecule has 0 unspecified atom stereocenters. The van der Waals surface area contributed by atoms with Gasteiger partial charge in [0.15, 0.2) is 0 Å². The fraction of sp³-hybridized carbons (Fsp3) is 0.125. The summed E-state index contributed by atoms with van der Waals surface area (Å²) in [5.41, 5.74) is 12.7. The number of benzene rings is 3. The maximum atomic E-state index is 6.00. The zero-order chi connectivity index (χ0) is 12.5. The minimum atomic E-state index is -0.0895. The summed E-state index contributed by atoms with van der Waals surface area (Å²) in [6.45, 7) is 0.469. The third-order valence-electron chi connectivity index (χ3n) is 3.45. The number of fused-ring (bicyclic) bond motifs is 3. The van der Waals surface area contributed by atoms with Gasteiger partial charge in [0.05, 0.1) is 0 Å². The van der Waals surface area contributed by atoms with E-state index in [4.69, 9.17) is 11.5 Å². The van der Waals surface area contributed by atoms with E-state index in [-0.39, 0.29) is 6.04 Å². The molecule has 0 heterocycles. The summed E-state index contributed by atoms with van der Waals surface area (Å²) in [4.78, 5) is 0. The van der Waals surface area contributed by atoms with Crippen LogP contribution in [0.5, 0.6) is 0 Å². The molecule has 3 aromatic carbocycles. The Kier molecular flexibility index (Phi) is 2.74. The molecule has 0 aliphatic rings. The summed E-state index contributed by atoms with van der Waals surface area (Å²) in [7, 11) is 0. The number of nitrogens with two attached hydrogens (primary N) is 2. The molecule has 0 aliphatic heterocycles. The van der Waals surface area contributed by atoms with Crippen LogP contribution in [0.3, 0.4) is 0 Å². The normalized spacial score (nSPS) is 13.0. The Morgan fingerprint density at radius 1 is 0.833 bits per heavy atom. The highest BCUT2D eigenvalue weighted by atomic mass is 14.7. The van der Waals surface area contributed by atoms with Crippen molar-refractivity contribution in [3.8, 4) is 0 Å². The van der Waals surface area contributed by atoms with Gasteiger partial charge in [-0.1, -0.05) is 48.5 Å². The van der Waals surface area contributed by atoms with Gasteiger partial charge < -0.3 is 11.5 Å². The van der Waals surface area contributed by atoms with E-state index in [1.807, 2.05) is 0 Å². The smallest absolute Gasteiger partial charge is 0.0419 e. The van der Waals surface area contributed by atoms with Crippen molar-refractivity contribution < 1.29 is 0 Å². The Bertz CT molecular complexity index is 704. The minimum Gasteiger partial charge on any atom is -0.329 e. The predicted octanol–water partition coefficient (Wildman–Crippen LogP) is 2.95. The van der Waals surface area contributed by atoms with E-state index in [0.717, 1.165) is 5.56 Å². The van der Waals surface area contributed by atoms with Crippen LogP contribution in [0.1, 0.15) is 11.6 Å². The van der Waals surface area contributed by atoms with Crippen LogP contribution in [0, 0.1) is 0 Å². The SMILES string of the molecule is NC[C@@H](N)c1ccc2ccc3ccccc3c2c1. The van der Waals surface area contributed by atoms with Crippen LogP contribution in [0.25, 0.3) is 21.5 Å². The molecule has 0 fully saturated rings. The fourth-order valence-corrected chi connectivity index (χ4v) is 2.39.